The first-order valence-corrected chi connectivity index (χ1v) is 8.91. The molecule has 2 aliphatic rings. The first-order chi connectivity index (χ1) is 10.4. The Morgan fingerprint density at radius 1 is 1.41 bits per heavy atom. The molecule has 1 amide bonds. The molecule has 7 heteroatoms. The number of rotatable bonds is 2. The molecule has 2 heterocycles. The molecule has 3 rings (SSSR count). The average molecular weight is 367 g/mol. The fourth-order valence-corrected chi connectivity index (χ4v) is 3.67. The Labute approximate surface area is 136 Å². The number of nitrogens with zero attached hydrogens (tertiary/aromatic N) is 3. The molecule has 1 fully saturated rings. The van der Waals surface area contributed by atoms with Crippen LogP contribution in [-0.4, -0.2) is 50.3 Å². The molecule has 0 saturated carbocycles. The number of nitrogens with one attached hydrogen (secondary N) is 1. The topological polar surface area (TPSA) is 66.3 Å². The second-order valence-corrected chi connectivity index (χ2v) is 7.60. The summed E-state index contributed by atoms with van der Waals surface area (Å²) in [7, 11) is 0. The van der Waals surface area contributed by atoms with E-state index in [-0.39, 0.29) is 26.7 Å². The van der Waals surface area contributed by atoms with Gasteiger partial charge in [0.1, 0.15) is 0 Å². The molecular weight excluding hydrogens is 347 g/mol. The van der Waals surface area contributed by atoms with Crippen molar-refractivity contribution in [2.75, 3.05) is 18.4 Å². The molecule has 0 spiro atoms. The van der Waals surface area contributed by atoms with Gasteiger partial charge in [0.2, 0.25) is 0 Å². The first kappa shape index (κ1) is 15.3. The summed E-state index contributed by atoms with van der Waals surface area (Å²) in [6.45, 7) is 7.03. The minimum atomic E-state index is -0.453. The number of hydrogen-bond donors (Lipinski definition) is 1. The fraction of sp³-hybridized carbons (Fsp3) is 0.533. The van der Waals surface area contributed by atoms with Crippen molar-refractivity contribution in [2.45, 2.75) is 38.8 Å². The predicted molar refractivity (Wildman–Crippen MR) is 86.2 cm³/mol. The van der Waals surface area contributed by atoms with E-state index in [0.717, 1.165) is 23.5 Å². The Morgan fingerprint density at radius 3 is 3.00 bits per heavy atom. The van der Waals surface area contributed by atoms with Gasteiger partial charge >= 0.3 is 136 Å². The van der Waals surface area contributed by atoms with Gasteiger partial charge in [-0.3, -0.25) is 0 Å². The van der Waals surface area contributed by atoms with Gasteiger partial charge in [-0.15, -0.1) is 0 Å². The van der Waals surface area contributed by atoms with Crippen LogP contribution in [0.1, 0.15) is 27.2 Å². The van der Waals surface area contributed by atoms with E-state index in [2.05, 4.69) is 13.2 Å². The van der Waals surface area contributed by atoms with E-state index in [4.69, 9.17) is 4.74 Å². The third-order valence-electron chi connectivity index (χ3n) is 3.49. The van der Waals surface area contributed by atoms with E-state index < -0.39 is 5.60 Å². The Bertz CT molecular complexity index is 662. The van der Waals surface area contributed by atoms with Crippen molar-refractivity contribution in [3.8, 4) is 0 Å². The summed E-state index contributed by atoms with van der Waals surface area (Å²) < 4.78 is 14.3. The minimum absolute atomic E-state index is 0.0294. The van der Waals surface area contributed by atoms with E-state index in [1.54, 1.807) is 4.90 Å². The van der Waals surface area contributed by atoms with Crippen molar-refractivity contribution in [3.63, 3.8) is 0 Å². The zero-order chi connectivity index (χ0) is 15.7. The summed E-state index contributed by atoms with van der Waals surface area (Å²) in [6, 6.07) is 6.22. The number of benzene rings is 1. The van der Waals surface area contributed by atoms with Crippen molar-refractivity contribution >= 4 is 37.7 Å². The van der Waals surface area contributed by atoms with Gasteiger partial charge in [-0.1, -0.05) is 0 Å². The fourth-order valence-electron chi connectivity index (χ4n) is 2.51. The molecule has 118 valence electrons. The maximum atomic E-state index is 12.1. The van der Waals surface area contributed by atoms with Crippen LogP contribution in [0.5, 0.6) is 0 Å². The summed E-state index contributed by atoms with van der Waals surface area (Å²) in [6.07, 6.45) is 0.670. The van der Waals surface area contributed by atoms with Crippen LogP contribution in [0.15, 0.2) is 26.1 Å². The van der Waals surface area contributed by atoms with Crippen molar-refractivity contribution in [1.29, 1.82) is 0 Å². The number of ether oxygens (including phenoxy) is 1. The van der Waals surface area contributed by atoms with Crippen molar-refractivity contribution < 1.29 is 9.53 Å². The van der Waals surface area contributed by atoms with Gasteiger partial charge in [0.25, 0.3) is 0 Å². The number of amides is 1. The van der Waals surface area contributed by atoms with E-state index in [9.17, 15) is 4.79 Å². The molecule has 1 N–H and O–H groups in total. The van der Waals surface area contributed by atoms with Crippen LogP contribution in [-0.2, 0) is 4.74 Å². The van der Waals surface area contributed by atoms with Crippen LogP contribution < -0.4 is 5.32 Å². The third-order valence-corrected chi connectivity index (χ3v) is 4.62. The van der Waals surface area contributed by atoms with E-state index in [1.165, 1.54) is 0 Å². The monoisotopic (exact) mass is 368 g/mol. The van der Waals surface area contributed by atoms with Crippen LogP contribution in [0.3, 0.4) is 0 Å². The van der Waals surface area contributed by atoms with Crippen molar-refractivity contribution in [2.24, 2.45) is 7.92 Å². The van der Waals surface area contributed by atoms with Gasteiger partial charge < -0.3 is 0 Å². The van der Waals surface area contributed by atoms with Gasteiger partial charge in [-0.2, -0.15) is 0 Å². The SMILES string of the molecule is CC(C)(C)OC(=O)N1CCC(Nc2cccc3c2N=[Se]=N3)C1. The van der Waals surface area contributed by atoms with Gasteiger partial charge in [0.15, 0.2) is 0 Å². The van der Waals surface area contributed by atoms with Crippen LogP contribution >= 0.6 is 0 Å². The summed E-state index contributed by atoms with van der Waals surface area (Å²) in [4.78, 5) is 13.9. The Hall–Kier alpha value is -1.59. The summed E-state index contributed by atoms with van der Waals surface area (Å²) in [5, 5.41) is 3.50. The molecule has 1 saturated heterocycles. The van der Waals surface area contributed by atoms with Crippen LogP contribution in [0.4, 0.5) is 21.9 Å². The number of fused-ring (bicyclic) bond motifs is 1. The number of hydrogen-bond acceptors (Lipinski definition) is 5. The number of carbonyl (C=O) groups is 1. The molecule has 22 heavy (non-hydrogen) atoms. The van der Waals surface area contributed by atoms with Crippen LogP contribution in [0, 0.1) is 0 Å². The number of likely N-dealkylation sites (tertiary alicyclic amines) is 1. The molecule has 0 bridgehead atoms. The molecular formula is C15H20N4O2Se. The Kier molecular flexibility index (Phi) is 4.10. The van der Waals surface area contributed by atoms with Gasteiger partial charge in [0, 0.05) is 0 Å². The van der Waals surface area contributed by atoms with E-state index in [0.29, 0.717) is 13.1 Å². The molecule has 0 aliphatic carbocycles. The summed E-state index contributed by atoms with van der Waals surface area (Å²) >= 11 is -0.0294. The predicted octanol–water partition coefficient (Wildman–Crippen LogP) is 3.46. The van der Waals surface area contributed by atoms with Gasteiger partial charge in [-0.05, 0) is 0 Å². The summed E-state index contributed by atoms with van der Waals surface area (Å²) in [5.41, 5.74) is 2.48. The number of carbonyl (C=O) groups excluding carboxylic acids is 1. The average Bonchev–Trinajstić information content (AvgIpc) is 3.05. The molecule has 1 aromatic rings. The van der Waals surface area contributed by atoms with Gasteiger partial charge in [0.05, 0.1) is 0 Å². The molecule has 1 unspecified atom stereocenters. The summed E-state index contributed by atoms with van der Waals surface area (Å²) in [5.74, 6) is 0. The Balaban J connectivity index is 1.61. The van der Waals surface area contributed by atoms with Crippen molar-refractivity contribution in [1.82, 2.24) is 4.90 Å². The first-order valence-electron chi connectivity index (χ1n) is 7.38. The zero-order valence-electron chi connectivity index (χ0n) is 13.0. The number of anilines is 1. The quantitative estimate of drug-likeness (QED) is 0.827. The molecule has 2 aliphatic heterocycles. The molecule has 1 aromatic carbocycles. The van der Waals surface area contributed by atoms with E-state index in [1.807, 2.05) is 39.0 Å². The van der Waals surface area contributed by atoms with Gasteiger partial charge in [-0.25, -0.2) is 0 Å². The Morgan fingerprint density at radius 2 is 2.23 bits per heavy atom. The zero-order valence-corrected chi connectivity index (χ0v) is 14.7. The molecule has 0 aromatic heterocycles. The second kappa shape index (κ2) is 5.89. The van der Waals surface area contributed by atoms with Crippen molar-refractivity contribution in [3.05, 3.63) is 18.2 Å². The van der Waals surface area contributed by atoms with Crippen LogP contribution in [0.2, 0.25) is 0 Å². The normalized spacial score (nSPS) is 19.8. The maximum absolute atomic E-state index is 12.1. The van der Waals surface area contributed by atoms with Crippen LogP contribution in [0.25, 0.3) is 0 Å². The molecule has 0 radical (unpaired) electrons. The second-order valence-electron chi connectivity index (χ2n) is 6.49. The molecule has 6 nitrogen and oxygen atoms in total. The van der Waals surface area contributed by atoms with E-state index >= 15 is 0 Å². The molecule has 1 atom stereocenters. The standard InChI is InChI=1S/C15H20N4O2Se/c1-15(2,3)21-14(20)19-8-7-10(9-19)16-11-5-4-6-12-13(11)18-22-17-12/h4-6,10,16H,7-9H2,1-3H3. The third kappa shape index (κ3) is 3.42.